The molecule has 226 valence electrons. The van der Waals surface area contributed by atoms with E-state index in [0.29, 0.717) is 24.9 Å². The van der Waals surface area contributed by atoms with Gasteiger partial charge in [-0.3, -0.25) is 14.4 Å². The first-order valence-electron chi connectivity index (χ1n) is 14.6. The van der Waals surface area contributed by atoms with Gasteiger partial charge in [0.05, 0.1) is 7.11 Å². The molecule has 0 radical (unpaired) electrons. The summed E-state index contributed by atoms with van der Waals surface area (Å²) in [6.45, 7) is 13.3. The Kier molecular flexibility index (Phi) is 15.3. The number of carbonyl (C=O) groups excluding carboxylic acids is 4. The summed E-state index contributed by atoms with van der Waals surface area (Å²) in [7, 11) is 1.25. The van der Waals surface area contributed by atoms with Gasteiger partial charge in [0.25, 0.3) is 0 Å². The lowest BCUT2D eigenvalue weighted by Gasteiger charge is -2.36. The zero-order valence-electron chi connectivity index (χ0n) is 25.8. The topological polar surface area (TPSA) is 114 Å². The Morgan fingerprint density at radius 1 is 0.950 bits per heavy atom. The van der Waals surface area contributed by atoms with Crippen LogP contribution in [0.3, 0.4) is 0 Å². The lowest BCUT2D eigenvalue weighted by atomic mass is 9.95. The molecule has 0 saturated carbocycles. The average molecular weight is 562 g/mol. The fraction of sp³-hybridized carbons (Fsp3) is 0.677. The first kappa shape index (κ1) is 34.9. The van der Waals surface area contributed by atoms with Crippen LogP contribution in [-0.2, 0) is 30.3 Å². The number of carbonyl (C=O) groups is 4. The minimum atomic E-state index is -0.999. The van der Waals surface area contributed by atoms with Gasteiger partial charge in [-0.05, 0) is 50.7 Å². The minimum absolute atomic E-state index is 0.219. The number of hydrogen-bond donors (Lipinski definition) is 2. The maximum absolute atomic E-state index is 14.3. The Morgan fingerprint density at radius 2 is 1.57 bits per heavy atom. The molecule has 0 aliphatic carbocycles. The van der Waals surface area contributed by atoms with E-state index in [1.165, 1.54) is 7.11 Å². The molecule has 9 nitrogen and oxygen atoms in total. The van der Waals surface area contributed by atoms with Gasteiger partial charge < -0.3 is 25.0 Å². The monoisotopic (exact) mass is 561 g/mol. The Balaban J connectivity index is 3.52. The van der Waals surface area contributed by atoms with Crippen LogP contribution in [0.15, 0.2) is 24.3 Å². The third-order valence-corrected chi connectivity index (χ3v) is 6.84. The van der Waals surface area contributed by atoms with Crippen LogP contribution in [0, 0.1) is 5.92 Å². The van der Waals surface area contributed by atoms with E-state index >= 15 is 0 Å². The zero-order chi connectivity index (χ0) is 30.3. The molecule has 1 rings (SSSR count). The number of aryl methyl sites for hydroxylation is 1. The Bertz CT molecular complexity index is 941. The van der Waals surface area contributed by atoms with Crippen molar-refractivity contribution < 1.29 is 28.7 Å². The maximum Gasteiger partial charge on any atom is 0.408 e. The summed E-state index contributed by atoms with van der Waals surface area (Å²) in [5.74, 6) is -1.66. The van der Waals surface area contributed by atoms with Crippen molar-refractivity contribution >= 4 is 23.9 Å². The van der Waals surface area contributed by atoms with Gasteiger partial charge in [-0.25, -0.2) is 4.79 Å². The highest BCUT2D eigenvalue weighted by atomic mass is 16.6. The van der Waals surface area contributed by atoms with E-state index in [-0.39, 0.29) is 18.4 Å². The van der Waals surface area contributed by atoms with Crippen LogP contribution in [0.5, 0.6) is 0 Å². The summed E-state index contributed by atoms with van der Waals surface area (Å²) in [6.07, 6.45) is 5.55. The molecule has 0 bridgehead atoms. The van der Waals surface area contributed by atoms with Gasteiger partial charge in [-0.2, -0.15) is 0 Å². The third-order valence-electron chi connectivity index (χ3n) is 6.84. The molecule has 0 saturated heterocycles. The largest absolute Gasteiger partial charge is 0.468 e. The third kappa shape index (κ3) is 12.0. The summed E-state index contributed by atoms with van der Waals surface area (Å²) in [5.41, 5.74) is 0.990. The fourth-order valence-electron chi connectivity index (χ4n) is 4.29. The number of hydrogen-bond acceptors (Lipinski definition) is 6. The second kappa shape index (κ2) is 17.6. The van der Waals surface area contributed by atoms with Gasteiger partial charge in [-0.1, -0.05) is 84.1 Å². The molecule has 0 heterocycles. The van der Waals surface area contributed by atoms with E-state index in [0.717, 1.165) is 37.7 Å². The molecule has 0 aromatic heterocycles. The SMILES string of the molecule is CCCCCCCN(C(=O)C(NC(=O)OC(C)(C)C)C(C)CC)C(C(=O)NCC(=O)OC)c1ccc(CC)cc1. The molecular weight excluding hydrogens is 510 g/mol. The van der Waals surface area contributed by atoms with Crippen molar-refractivity contribution in [3.63, 3.8) is 0 Å². The van der Waals surface area contributed by atoms with E-state index < -0.39 is 35.7 Å². The average Bonchev–Trinajstić information content (AvgIpc) is 2.92. The summed E-state index contributed by atoms with van der Waals surface area (Å²) < 4.78 is 10.2. The number of benzene rings is 1. The predicted molar refractivity (Wildman–Crippen MR) is 157 cm³/mol. The fourth-order valence-corrected chi connectivity index (χ4v) is 4.29. The number of ether oxygens (including phenoxy) is 2. The standard InChI is InChI=1S/C31H51N3O6/c1-9-12-13-14-15-20-34(29(37)26(22(4)10-2)33-30(38)40-31(5,6)7)27(28(36)32-21-25(35)39-8)24-18-16-23(11-3)17-19-24/h16-19,22,26-27H,9-15,20-21H2,1-8H3,(H,32,36)(H,33,38). The summed E-state index contributed by atoms with van der Waals surface area (Å²) in [5, 5.41) is 5.42. The van der Waals surface area contributed by atoms with Gasteiger partial charge >= 0.3 is 12.1 Å². The van der Waals surface area contributed by atoms with Crippen LogP contribution in [0.4, 0.5) is 4.79 Å². The highest BCUT2D eigenvalue weighted by Gasteiger charge is 2.38. The van der Waals surface area contributed by atoms with Crippen LogP contribution in [-0.4, -0.2) is 60.6 Å². The smallest absolute Gasteiger partial charge is 0.408 e. The second-order valence-corrected chi connectivity index (χ2v) is 11.2. The van der Waals surface area contributed by atoms with Crippen molar-refractivity contribution in [3.05, 3.63) is 35.4 Å². The van der Waals surface area contributed by atoms with Gasteiger partial charge in [0.2, 0.25) is 11.8 Å². The molecule has 0 aliphatic heterocycles. The Morgan fingerprint density at radius 3 is 2.10 bits per heavy atom. The van der Waals surface area contributed by atoms with Crippen molar-refractivity contribution in [1.82, 2.24) is 15.5 Å². The molecule has 9 heteroatoms. The van der Waals surface area contributed by atoms with Crippen LogP contribution >= 0.6 is 0 Å². The highest BCUT2D eigenvalue weighted by molar-refractivity contribution is 5.93. The number of unbranched alkanes of at least 4 members (excludes halogenated alkanes) is 4. The van der Waals surface area contributed by atoms with E-state index in [1.807, 2.05) is 45.0 Å². The molecule has 3 unspecified atom stereocenters. The summed E-state index contributed by atoms with van der Waals surface area (Å²) in [4.78, 5) is 54.1. The number of amides is 3. The van der Waals surface area contributed by atoms with Crippen LogP contribution < -0.4 is 10.6 Å². The van der Waals surface area contributed by atoms with E-state index in [4.69, 9.17) is 9.47 Å². The van der Waals surface area contributed by atoms with Crippen molar-refractivity contribution in [3.8, 4) is 0 Å². The summed E-state index contributed by atoms with van der Waals surface area (Å²) >= 11 is 0. The van der Waals surface area contributed by atoms with Crippen LogP contribution in [0.25, 0.3) is 0 Å². The molecule has 3 amide bonds. The van der Waals surface area contributed by atoms with Gasteiger partial charge in [0.15, 0.2) is 0 Å². The van der Waals surface area contributed by atoms with Crippen LogP contribution in [0.2, 0.25) is 0 Å². The highest BCUT2D eigenvalue weighted by Crippen LogP contribution is 2.26. The molecular formula is C31H51N3O6. The van der Waals surface area contributed by atoms with Gasteiger partial charge in [-0.15, -0.1) is 0 Å². The lowest BCUT2D eigenvalue weighted by molar-refractivity contribution is -0.145. The molecule has 3 atom stereocenters. The van der Waals surface area contributed by atoms with Crippen molar-refractivity contribution in [2.45, 2.75) is 111 Å². The molecule has 0 aliphatic rings. The van der Waals surface area contributed by atoms with E-state index in [1.54, 1.807) is 25.7 Å². The Hall–Kier alpha value is -3.10. The Labute approximate surface area is 240 Å². The second-order valence-electron chi connectivity index (χ2n) is 11.2. The van der Waals surface area contributed by atoms with Crippen molar-refractivity contribution in [2.24, 2.45) is 5.92 Å². The first-order chi connectivity index (χ1) is 18.9. The number of rotatable bonds is 16. The normalized spacial score (nSPS) is 13.5. The van der Waals surface area contributed by atoms with Crippen molar-refractivity contribution in [2.75, 3.05) is 20.2 Å². The van der Waals surface area contributed by atoms with Crippen LogP contribution in [0.1, 0.15) is 104 Å². The van der Waals surface area contributed by atoms with Gasteiger partial charge in [0.1, 0.15) is 24.2 Å². The molecule has 0 fully saturated rings. The number of nitrogens with one attached hydrogen (secondary N) is 2. The maximum atomic E-state index is 14.3. The zero-order valence-corrected chi connectivity index (χ0v) is 25.8. The predicted octanol–water partition coefficient (Wildman–Crippen LogP) is 5.32. The molecule has 2 N–H and O–H groups in total. The molecule has 1 aromatic carbocycles. The molecule has 0 spiro atoms. The number of esters is 1. The quantitative estimate of drug-likeness (QED) is 0.209. The summed E-state index contributed by atoms with van der Waals surface area (Å²) in [6, 6.07) is 5.66. The van der Waals surface area contributed by atoms with Gasteiger partial charge in [0, 0.05) is 6.54 Å². The lowest BCUT2D eigenvalue weighted by Crippen LogP contribution is -2.55. The number of alkyl carbamates (subject to hydrolysis) is 1. The molecule has 1 aromatic rings. The molecule has 40 heavy (non-hydrogen) atoms. The van der Waals surface area contributed by atoms with E-state index in [2.05, 4.69) is 17.6 Å². The van der Waals surface area contributed by atoms with E-state index in [9.17, 15) is 19.2 Å². The first-order valence-corrected chi connectivity index (χ1v) is 14.6. The number of nitrogens with zero attached hydrogens (tertiary/aromatic N) is 1. The minimum Gasteiger partial charge on any atom is -0.468 e. The number of methoxy groups -OCH3 is 1. The van der Waals surface area contributed by atoms with Crippen molar-refractivity contribution in [1.29, 1.82) is 0 Å².